The van der Waals surface area contributed by atoms with Gasteiger partial charge in [-0.3, -0.25) is 4.79 Å². The Bertz CT molecular complexity index is 1460. The number of rotatable bonds is 7. The molecular weight excluding hydrogens is 480 g/mol. The molecule has 3 aromatic carbocycles. The lowest BCUT2D eigenvalue weighted by molar-refractivity contribution is -0.116. The van der Waals surface area contributed by atoms with Gasteiger partial charge in [-0.1, -0.05) is 78.5 Å². The van der Waals surface area contributed by atoms with E-state index < -0.39 is 0 Å². The molecule has 1 aromatic heterocycles. The number of ether oxygens (including phenoxy) is 1. The normalized spacial score (nSPS) is 16.7. The third kappa shape index (κ3) is 4.91. The Hall–Kier alpha value is -3.84. The zero-order valence-electron chi connectivity index (χ0n) is 20.7. The average molecular weight is 509 g/mol. The zero-order chi connectivity index (χ0) is 25.2. The number of fused-ring (bicyclic) bond motifs is 1. The monoisotopic (exact) mass is 508 g/mol. The minimum Gasteiger partial charge on any atom is -0.489 e. The Morgan fingerprint density at radius 1 is 1.00 bits per heavy atom. The van der Waals surface area contributed by atoms with Gasteiger partial charge in [0, 0.05) is 23.4 Å². The minimum absolute atomic E-state index is 0.179. The van der Waals surface area contributed by atoms with Crippen molar-refractivity contribution in [2.24, 2.45) is 0 Å². The summed E-state index contributed by atoms with van der Waals surface area (Å²) in [6.07, 6.45) is 2.26. The van der Waals surface area contributed by atoms with E-state index in [1.807, 2.05) is 59.3 Å². The molecule has 2 aliphatic rings. The summed E-state index contributed by atoms with van der Waals surface area (Å²) < 4.78 is 7.93. The van der Waals surface area contributed by atoms with E-state index in [1.165, 1.54) is 16.7 Å². The number of benzene rings is 3. The van der Waals surface area contributed by atoms with Gasteiger partial charge in [0.2, 0.25) is 11.1 Å². The average Bonchev–Trinajstić information content (AvgIpc) is 3.34. The predicted molar refractivity (Wildman–Crippen MR) is 146 cm³/mol. The quantitative estimate of drug-likeness (QED) is 0.288. The van der Waals surface area contributed by atoms with Gasteiger partial charge in [0.1, 0.15) is 18.4 Å². The first-order chi connectivity index (χ1) is 18.2. The van der Waals surface area contributed by atoms with Gasteiger partial charge in [-0.05, 0) is 54.2 Å². The van der Waals surface area contributed by atoms with Crippen molar-refractivity contribution in [1.82, 2.24) is 14.8 Å². The van der Waals surface area contributed by atoms with Crippen LogP contribution in [-0.4, -0.2) is 20.5 Å². The van der Waals surface area contributed by atoms with Crippen molar-refractivity contribution in [3.8, 4) is 5.75 Å². The highest BCUT2D eigenvalue weighted by Crippen LogP contribution is 2.41. The molecular formula is C30H28N4O2S. The summed E-state index contributed by atoms with van der Waals surface area (Å²) in [4.78, 5) is 17.9. The van der Waals surface area contributed by atoms with Gasteiger partial charge in [-0.15, -0.1) is 5.10 Å². The number of nitrogens with one attached hydrogen (secondary N) is 1. The molecule has 0 fully saturated rings. The van der Waals surface area contributed by atoms with Crippen LogP contribution >= 0.6 is 11.8 Å². The molecule has 0 radical (unpaired) electrons. The molecule has 0 spiro atoms. The molecule has 1 N–H and O–H groups in total. The number of hydrogen-bond acceptors (Lipinski definition) is 6. The lowest BCUT2D eigenvalue weighted by atomic mass is 9.85. The first-order valence-corrected chi connectivity index (χ1v) is 13.6. The summed E-state index contributed by atoms with van der Waals surface area (Å²) in [5.41, 5.74) is 6.37. The van der Waals surface area contributed by atoms with Crippen molar-refractivity contribution in [3.05, 3.63) is 112 Å². The first kappa shape index (κ1) is 23.6. The van der Waals surface area contributed by atoms with Crippen LogP contribution in [-0.2, 0) is 17.2 Å². The van der Waals surface area contributed by atoms with Gasteiger partial charge >= 0.3 is 0 Å². The van der Waals surface area contributed by atoms with Crippen LogP contribution in [0.1, 0.15) is 47.6 Å². The topological polar surface area (TPSA) is 69.0 Å². The molecule has 2 heterocycles. The Morgan fingerprint density at radius 3 is 2.59 bits per heavy atom. The van der Waals surface area contributed by atoms with Gasteiger partial charge < -0.3 is 10.1 Å². The molecule has 0 saturated heterocycles. The van der Waals surface area contributed by atoms with E-state index in [4.69, 9.17) is 14.8 Å². The van der Waals surface area contributed by atoms with Crippen molar-refractivity contribution in [2.75, 3.05) is 5.32 Å². The summed E-state index contributed by atoms with van der Waals surface area (Å²) in [5.74, 6) is 2.45. The fourth-order valence-corrected chi connectivity index (χ4v) is 5.69. The fourth-order valence-electron chi connectivity index (χ4n) is 4.91. The van der Waals surface area contributed by atoms with Gasteiger partial charge in [0.05, 0.1) is 0 Å². The van der Waals surface area contributed by atoms with Gasteiger partial charge in [-0.2, -0.15) is 4.98 Å². The molecule has 186 valence electrons. The number of Topliss-reactive ketones (excluding diaryl/α,β-unsaturated/α-hetero) is 1. The summed E-state index contributed by atoms with van der Waals surface area (Å²) in [6, 6.07) is 26.3. The maximum atomic E-state index is 13.1. The van der Waals surface area contributed by atoms with Crippen LogP contribution in [0.5, 0.6) is 5.75 Å². The number of carbonyl (C=O) groups excluding carboxylic acids is 1. The fraction of sp³-hybridized carbons (Fsp3) is 0.233. The molecule has 7 heteroatoms. The van der Waals surface area contributed by atoms with Crippen LogP contribution in [0, 0.1) is 6.92 Å². The predicted octanol–water partition coefficient (Wildman–Crippen LogP) is 6.48. The lowest BCUT2D eigenvalue weighted by Crippen LogP contribution is -2.31. The van der Waals surface area contributed by atoms with Crippen LogP contribution in [0.15, 0.2) is 95.3 Å². The second-order valence-corrected chi connectivity index (χ2v) is 10.4. The van der Waals surface area contributed by atoms with Crippen LogP contribution in [0.3, 0.4) is 0 Å². The summed E-state index contributed by atoms with van der Waals surface area (Å²) in [7, 11) is 0. The number of allylic oxidation sites excluding steroid dienone is 2. The van der Waals surface area contributed by atoms with Crippen LogP contribution in [0.25, 0.3) is 0 Å². The van der Waals surface area contributed by atoms with Crippen LogP contribution in [0.2, 0.25) is 0 Å². The van der Waals surface area contributed by atoms with Crippen molar-refractivity contribution in [2.45, 2.75) is 49.7 Å². The molecule has 0 bridgehead atoms. The van der Waals surface area contributed by atoms with Crippen molar-refractivity contribution in [1.29, 1.82) is 0 Å². The number of thioether (sulfide) groups is 1. The Balaban J connectivity index is 1.27. The number of ketones is 1. The maximum Gasteiger partial charge on any atom is 0.227 e. The largest absolute Gasteiger partial charge is 0.489 e. The molecule has 37 heavy (non-hydrogen) atoms. The molecule has 1 unspecified atom stereocenters. The van der Waals surface area contributed by atoms with Gasteiger partial charge in [0.25, 0.3) is 0 Å². The summed E-state index contributed by atoms with van der Waals surface area (Å²) >= 11 is 1.60. The standard InChI is InChI=1S/C30H28N4O2S/c1-20-8-5-6-11-23(20)18-36-24-16-14-22(15-17-24)28-27-25(12-7-13-26(27)35)31-29-32-30(33-34(28)29)37-19-21-9-3-2-4-10-21/h2-6,8-11,14-17,28H,7,12-13,18-19H2,1H3,(H,31,32,33). The Morgan fingerprint density at radius 2 is 1.78 bits per heavy atom. The highest BCUT2D eigenvalue weighted by Gasteiger charge is 2.36. The van der Waals surface area contributed by atoms with E-state index in [1.54, 1.807) is 11.8 Å². The van der Waals surface area contributed by atoms with E-state index >= 15 is 0 Å². The molecule has 4 aromatic rings. The zero-order valence-corrected chi connectivity index (χ0v) is 21.5. The van der Waals surface area contributed by atoms with E-state index in [-0.39, 0.29) is 11.8 Å². The number of anilines is 1. The molecule has 1 atom stereocenters. The number of carbonyl (C=O) groups is 1. The maximum absolute atomic E-state index is 13.1. The number of nitrogens with zero attached hydrogens (tertiary/aromatic N) is 3. The molecule has 6 rings (SSSR count). The minimum atomic E-state index is -0.303. The molecule has 0 amide bonds. The van der Waals surface area contributed by atoms with E-state index in [0.29, 0.717) is 24.1 Å². The third-order valence-electron chi connectivity index (χ3n) is 6.91. The molecule has 6 nitrogen and oxygen atoms in total. The summed E-state index contributed by atoms with van der Waals surface area (Å²) in [6.45, 7) is 2.61. The smallest absolute Gasteiger partial charge is 0.227 e. The Labute approximate surface area is 220 Å². The second kappa shape index (κ2) is 10.3. The third-order valence-corrected chi connectivity index (χ3v) is 7.82. The van der Waals surface area contributed by atoms with E-state index in [0.717, 1.165) is 41.2 Å². The van der Waals surface area contributed by atoms with Crippen molar-refractivity contribution >= 4 is 23.5 Å². The molecule has 1 aliphatic carbocycles. The lowest BCUT2D eigenvalue weighted by Gasteiger charge is -2.32. The van der Waals surface area contributed by atoms with Crippen molar-refractivity contribution < 1.29 is 9.53 Å². The van der Waals surface area contributed by atoms with Crippen LogP contribution in [0.4, 0.5) is 5.95 Å². The number of hydrogen-bond donors (Lipinski definition) is 1. The highest BCUT2D eigenvalue weighted by molar-refractivity contribution is 7.98. The number of aromatic nitrogens is 3. The van der Waals surface area contributed by atoms with E-state index in [2.05, 4.69) is 36.5 Å². The first-order valence-electron chi connectivity index (χ1n) is 12.6. The van der Waals surface area contributed by atoms with E-state index in [9.17, 15) is 4.79 Å². The van der Waals surface area contributed by atoms with Crippen LogP contribution < -0.4 is 10.1 Å². The van der Waals surface area contributed by atoms with Gasteiger partial charge in [0.15, 0.2) is 5.78 Å². The molecule has 1 aliphatic heterocycles. The number of aryl methyl sites for hydroxylation is 1. The highest BCUT2D eigenvalue weighted by atomic mass is 32.2. The SMILES string of the molecule is Cc1ccccc1COc1ccc(C2C3=C(CCCC3=O)Nc3nc(SCc4ccccc4)nn32)cc1. The molecule has 0 saturated carbocycles. The van der Waals surface area contributed by atoms with Crippen molar-refractivity contribution in [3.63, 3.8) is 0 Å². The Kier molecular flexibility index (Phi) is 6.53. The second-order valence-electron chi connectivity index (χ2n) is 9.42. The summed E-state index contributed by atoms with van der Waals surface area (Å²) in [5, 5.41) is 8.95. The van der Waals surface area contributed by atoms with Gasteiger partial charge in [-0.25, -0.2) is 4.68 Å².